The standard InChI is InChI=1S/C6H5BrN2O2S/c1-12-6-8-2-3(5(10)11)4(7)9-6/h2H,1H3,(H,10,11). The third kappa shape index (κ3) is 1.95. The van der Waals surface area contributed by atoms with Crippen LogP contribution >= 0.6 is 27.7 Å². The van der Waals surface area contributed by atoms with E-state index in [1.807, 2.05) is 6.26 Å². The van der Waals surface area contributed by atoms with Crippen LogP contribution in [0.1, 0.15) is 10.4 Å². The Morgan fingerprint density at radius 2 is 2.42 bits per heavy atom. The number of carbonyl (C=O) groups is 1. The number of aromatic carboxylic acids is 1. The van der Waals surface area contributed by atoms with Crippen molar-refractivity contribution in [2.45, 2.75) is 5.16 Å². The van der Waals surface area contributed by atoms with Gasteiger partial charge in [-0.05, 0) is 22.2 Å². The highest BCUT2D eigenvalue weighted by Gasteiger charge is 2.10. The van der Waals surface area contributed by atoms with Gasteiger partial charge in [-0.3, -0.25) is 0 Å². The van der Waals surface area contributed by atoms with E-state index >= 15 is 0 Å². The summed E-state index contributed by atoms with van der Waals surface area (Å²) in [5.41, 5.74) is 0.0767. The fraction of sp³-hybridized carbons (Fsp3) is 0.167. The molecule has 0 saturated carbocycles. The number of thioether (sulfide) groups is 1. The van der Waals surface area contributed by atoms with Crippen molar-refractivity contribution >= 4 is 33.7 Å². The van der Waals surface area contributed by atoms with Gasteiger partial charge in [0.1, 0.15) is 10.2 Å². The SMILES string of the molecule is CSc1ncc(C(=O)O)c(Br)n1. The van der Waals surface area contributed by atoms with E-state index in [1.165, 1.54) is 18.0 Å². The molecule has 64 valence electrons. The lowest BCUT2D eigenvalue weighted by Gasteiger charge is -1.98. The quantitative estimate of drug-likeness (QED) is 0.490. The summed E-state index contributed by atoms with van der Waals surface area (Å²) >= 11 is 4.40. The predicted octanol–water partition coefficient (Wildman–Crippen LogP) is 1.66. The van der Waals surface area contributed by atoms with E-state index in [2.05, 4.69) is 25.9 Å². The summed E-state index contributed by atoms with van der Waals surface area (Å²) in [5, 5.41) is 9.16. The molecule has 1 rings (SSSR count). The zero-order valence-electron chi connectivity index (χ0n) is 6.11. The van der Waals surface area contributed by atoms with Crippen LogP contribution in [-0.4, -0.2) is 27.3 Å². The highest BCUT2D eigenvalue weighted by Crippen LogP contribution is 2.16. The first-order valence-electron chi connectivity index (χ1n) is 2.95. The monoisotopic (exact) mass is 248 g/mol. The zero-order valence-corrected chi connectivity index (χ0v) is 8.52. The molecule has 0 aliphatic heterocycles. The van der Waals surface area contributed by atoms with Gasteiger partial charge < -0.3 is 5.11 Å². The van der Waals surface area contributed by atoms with Crippen LogP contribution in [0.5, 0.6) is 0 Å². The lowest BCUT2D eigenvalue weighted by molar-refractivity contribution is 0.0694. The summed E-state index contributed by atoms with van der Waals surface area (Å²) in [5.74, 6) is -1.03. The molecule has 0 bridgehead atoms. The molecular formula is C6H5BrN2O2S. The second-order valence-electron chi connectivity index (χ2n) is 1.87. The first-order valence-corrected chi connectivity index (χ1v) is 4.96. The predicted molar refractivity (Wildman–Crippen MR) is 48.5 cm³/mol. The molecule has 0 aliphatic rings. The van der Waals surface area contributed by atoms with Gasteiger partial charge in [-0.25, -0.2) is 14.8 Å². The van der Waals surface area contributed by atoms with Gasteiger partial charge in [-0.15, -0.1) is 0 Å². The molecule has 0 fully saturated rings. The maximum Gasteiger partial charge on any atom is 0.340 e. The zero-order chi connectivity index (χ0) is 9.14. The average Bonchev–Trinajstić information content (AvgIpc) is 2.03. The van der Waals surface area contributed by atoms with Crippen molar-refractivity contribution in [2.75, 3.05) is 6.26 Å². The maximum atomic E-state index is 10.5. The van der Waals surface area contributed by atoms with Crippen LogP contribution in [0.3, 0.4) is 0 Å². The molecule has 0 saturated heterocycles. The molecule has 1 heterocycles. The summed E-state index contributed by atoms with van der Waals surface area (Å²) in [6.45, 7) is 0. The number of aromatic nitrogens is 2. The fourth-order valence-electron chi connectivity index (χ4n) is 0.588. The van der Waals surface area contributed by atoms with Crippen LogP contribution < -0.4 is 0 Å². The van der Waals surface area contributed by atoms with Crippen molar-refractivity contribution in [3.8, 4) is 0 Å². The molecule has 0 spiro atoms. The lowest BCUT2D eigenvalue weighted by Crippen LogP contribution is -2.01. The van der Waals surface area contributed by atoms with Gasteiger partial charge in [0.25, 0.3) is 0 Å². The number of carboxylic acid groups (broad SMARTS) is 1. The minimum atomic E-state index is -1.03. The topological polar surface area (TPSA) is 63.1 Å². The molecule has 1 aromatic heterocycles. The van der Waals surface area contributed by atoms with Crippen molar-refractivity contribution in [3.63, 3.8) is 0 Å². The van der Waals surface area contributed by atoms with Crippen LogP contribution in [0, 0.1) is 0 Å². The van der Waals surface area contributed by atoms with Crippen LogP contribution in [0.15, 0.2) is 16.0 Å². The molecule has 0 atom stereocenters. The van der Waals surface area contributed by atoms with Crippen LogP contribution in [-0.2, 0) is 0 Å². The molecule has 4 nitrogen and oxygen atoms in total. The van der Waals surface area contributed by atoms with Crippen LogP contribution in [0.25, 0.3) is 0 Å². The average molecular weight is 249 g/mol. The van der Waals surface area contributed by atoms with Crippen LogP contribution in [0.4, 0.5) is 0 Å². The normalized spacial score (nSPS) is 9.83. The van der Waals surface area contributed by atoms with Gasteiger partial charge in [0.15, 0.2) is 5.16 Å². The van der Waals surface area contributed by atoms with E-state index < -0.39 is 5.97 Å². The van der Waals surface area contributed by atoms with Gasteiger partial charge >= 0.3 is 5.97 Å². The largest absolute Gasteiger partial charge is 0.478 e. The number of rotatable bonds is 2. The van der Waals surface area contributed by atoms with E-state index in [9.17, 15) is 4.79 Å². The molecule has 1 aromatic rings. The third-order valence-corrected chi connectivity index (χ3v) is 2.30. The summed E-state index contributed by atoms with van der Waals surface area (Å²) in [6, 6.07) is 0. The van der Waals surface area contributed by atoms with Gasteiger partial charge in [-0.1, -0.05) is 11.8 Å². The number of hydrogen-bond acceptors (Lipinski definition) is 4. The Labute approximate surface area is 81.5 Å². The van der Waals surface area contributed by atoms with Gasteiger partial charge in [0.05, 0.1) is 0 Å². The smallest absolute Gasteiger partial charge is 0.340 e. The minimum Gasteiger partial charge on any atom is -0.478 e. The first kappa shape index (κ1) is 9.47. The highest BCUT2D eigenvalue weighted by atomic mass is 79.9. The van der Waals surface area contributed by atoms with E-state index in [-0.39, 0.29) is 5.56 Å². The number of carboxylic acids is 1. The molecule has 0 radical (unpaired) electrons. The Balaban J connectivity index is 3.12. The highest BCUT2D eigenvalue weighted by molar-refractivity contribution is 9.10. The van der Waals surface area contributed by atoms with Gasteiger partial charge in [0, 0.05) is 6.20 Å². The molecule has 0 aliphatic carbocycles. The van der Waals surface area contributed by atoms with Crippen molar-refractivity contribution in [3.05, 3.63) is 16.4 Å². The third-order valence-electron chi connectivity index (χ3n) is 1.13. The Morgan fingerprint density at radius 3 is 2.83 bits per heavy atom. The van der Waals surface area contributed by atoms with Crippen LogP contribution in [0.2, 0.25) is 0 Å². The molecule has 0 amide bonds. The lowest BCUT2D eigenvalue weighted by atomic mass is 10.4. The molecular weight excluding hydrogens is 244 g/mol. The van der Waals surface area contributed by atoms with Gasteiger partial charge in [-0.2, -0.15) is 0 Å². The number of hydrogen-bond donors (Lipinski definition) is 1. The van der Waals surface area contributed by atoms with Crippen molar-refractivity contribution in [1.29, 1.82) is 0 Å². The van der Waals surface area contributed by atoms with E-state index in [0.717, 1.165) is 0 Å². The van der Waals surface area contributed by atoms with E-state index in [4.69, 9.17) is 5.11 Å². The number of halogens is 1. The maximum absolute atomic E-state index is 10.5. The summed E-state index contributed by atoms with van der Waals surface area (Å²) in [4.78, 5) is 18.2. The first-order chi connectivity index (χ1) is 5.65. The fourth-order valence-corrected chi connectivity index (χ4v) is 1.49. The molecule has 12 heavy (non-hydrogen) atoms. The van der Waals surface area contributed by atoms with Crippen molar-refractivity contribution in [2.24, 2.45) is 0 Å². The van der Waals surface area contributed by atoms with E-state index in [1.54, 1.807) is 0 Å². The Morgan fingerprint density at radius 1 is 1.75 bits per heavy atom. The Kier molecular flexibility index (Phi) is 3.05. The summed E-state index contributed by atoms with van der Waals surface area (Å²) in [7, 11) is 0. The number of nitrogens with zero attached hydrogens (tertiary/aromatic N) is 2. The Hall–Kier alpha value is -0.620. The molecule has 0 aromatic carbocycles. The Bertz CT molecular complexity index is 318. The molecule has 6 heteroatoms. The summed E-state index contributed by atoms with van der Waals surface area (Å²) in [6.07, 6.45) is 3.10. The summed E-state index contributed by atoms with van der Waals surface area (Å²) < 4.78 is 0.314. The van der Waals surface area contributed by atoms with Crippen molar-refractivity contribution < 1.29 is 9.90 Å². The van der Waals surface area contributed by atoms with Crippen molar-refractivity contribution in [1.82, 2.24) is 9.97 Å². The minimum absolute atomic E-state index is 0.0767. The molecule has 1 N–H and O–H groups in total. The second kappa shape index (κ2) is 3.86. The van der Waals surface area contributed by atoms with E-state index in [0.29, 0.717) is 9.76 Å². The molecule has 0 unspecified atom stereocenters. The van der Waals surface area contributed by atoms with Gasteiger partial charge in [0.2, 0.25) is 0 Å². The second-order valence-corrected chi connectivity index (χ2v) is 3.39.